The Kier molecular flexibility index (Phi) is 4.33. The highest BCUT2D eigenvalue weighted by Crippen LogP contribution is 2.21. The zero-order chi connectivity index (χ0) is 13.8. The SMILES string of the molecule is CCCNC(Cc1nc2ccccc2o1)C1CCCO1. The monoisotopic (exact) mass is 274 g/mol. The van der Waals surface area contributed by atoms with Crippen LogP contribution in [0.1, 0.15) is 32.1 Å². The number of aromatic nitrogens is 1. The summed E-state index contributed by atoms with van der Waals surface area (Å²) in [4.78, 5) is 4.57. The van der Waals surface area contributed by atoms with Crippen LogP contribution in [-0.4, -0.2) is 30.3 Å². The van der Waals surface area contributed by atoms with Gasteiger partial charge in [-0.15, -0.1) is 0 Å². The van der Waals surface area contributed by atoms with Crippen molar-refractivity contribution in [3.63, 3.8) is 0 Å². The summed E-state index contributed by atoms with van der Waals surface area (Å²) in [5.41, 5.74) is 1.80. The number of hydrogen-bond donors (Lipinski definition) is 1. The Balaban J connectivity index is 1.73. The van der Waals surface area contributed by atoms with Gasteiger partial charge in [0.2, 0.25) is 0 Å². The molecule has 1 saturated heterocycles. The molecule has 0 saturated carbocycles. The summed E-state index contributed by atoms with van der Waals surface area (Å²) < 4.78 is 11.7. The van der Waals surface area contributed by atoms with Crippen LogP contribution < -0.4 is 5.32 Å². The maximum absolute atomic E-state index is 5.83. The summed E-state index contributed by atoms with van der Waals surface area (Å²) in [6, 6.07) is 8.21. The summed E-state index contributed by atoms with van der Waals surface area (Å²) in [5, 5.41) is 3.58. The predicted octanol–water partition coefficient (Wildman–Crippen LogP) is 2.92. The molecule has 2 aromatic rings. The van der Waals surface area contributed by atoms with Crippen LogP contribution in [0.25, 0.3) is 11.1 Å². The van der Waals surface area contributed by atoms with Gasteiger partial charge in [-0.3, -0.25) is 0 Å². The quantitative estimate of drug-likeness (QED) is 0.880. The first kappa shape index (κ1) is 13.6. The maximum Gasteiger partial charge on any atom is 0.197 e. The standard InChI is InChI=1S/C16H22N2O2/c1-2-9-17-13(14-8-5-10-19-14)11-16-18-12-6-3-4-7-15(12)20-16/h3-4,6-7,13-14,17H,2,5,8-11H2,1H3. The minimum Gasteiger partial charge on any atom is -0.441 e. The highest BCUT2D eigenvalue weighted by atomic mass is 16.5. The molecule has 1 aromatic heterocycles. The van der Waals surface area contributed by atoms with Crippen LogP contribution in [0.3, 0.4) is 0 Å². The lowest BCUT2D eigenvalue weighted by atomic mass is 10.0. The van der Waals surface area contributed by atoms with E-state index in [2.05, 4.69) is 17.2 Å². The van der Waals surface area contributed by atoms with Crippen LogP contribution in [0, 0.1) is 0 Å². The molecule has 0 amide bonds. The van der Waals surface area contributed by atoms with Crippen LogP contribution in [-0.2, 0) is 11.2 Å². The summed E-state index contributed by atoms with van der Waals surface area (Å²) in [7, 11) is 0. The number of hydrogen-bond acceptors (Lipinski definition) is 4. The van der Waals surface area contributed by atoms with E-state index in [0.29, 0.717) is 6.04 Å². The second-order valence-corrected chi connectivity index (χ2v) is 5.39. The van der Waals surface area contributed by atoms with Gasteiger partial charge in [0.05, 0.1) is 6.10 Å². The van der Waals surface area contributed by atoms with E-state index in [-0.39, 0.29) is 6.10 Å². The molecule has 1 aromatic carbocycles. The van der Waals surface area contributed by atoms with E-state index in [1.54, 1.807) is 0 Å². The summed E-state index contributed by atoms with van der Waals surface area (Å²) in [5.74, 6) is 0.801. The van der Waals surface area contributed by atoms with E-state index in [1.807, 2.05) is 24.3 Å². The minimum atomic E-state index is 0.288. The number of para-hydroxylation sites is 2. The Morgan fingerprint density at radius 1 is 1.40 bits per heavy atom. The van der Waals surface area contributed by atoms with Crippen LogP contribution in [0.2, 0.25) is 0 Å². The number of ether oxygens (including phenoxy) is 1. The molecule has 4 heteroatoms. The summed E-state index contributed by atoms with van der Waals surface area (Å²) >= 11 is 0. The highest BCUT2D eigenvalue weighted by molar-refractivity contribution is 5.72. The van der Waals surface area contributed by atoms with Crippen LogP contribution >= 0.6 is 0 Å². The molecular weight excluding hydrogens is 252 g/mol. The number of rotatable bonds is 6. The summed E-state index contributed by atoms with van der Waals surface area (Å²) in [6.45, 7) is 4.06. The third-order valence-corrected chi connectivity index (χ3v) is 3.80. The Labute approximate surface area is 119 Å². The topological polar surface area (TPSA) is 47.3 Å². The molecule has 1 fully saturated rings. The van der Waals surface area contributed by atoms with Gasteiger partial charge in [0.25, 0.3) is 0 Å². The minimum absolute atomic E-state index is 0.288. The molecule has 0 bridgehead atoms. The van der Waals surface area contributed by atoms with Gasteiger partial charge < -0.3 is 14.5 Å². The molecule has 0 spiro atoms. The first-order valence-corrected chi connectivity index (χ1v) is 7.56. The molecule has 2 heterocycles. The first-order chi connectivity index (χ1) is 9.86. The Bertz CT molecular complexity index is 513. The molecule has 20 heavy (non-hydrogen) atoms. The highest BCUT2D eigenvalue weighted by Gasteiger charge is 2.27. The van der Waals surface area contributed by atoms with E-state index in [4.69, 9.17) is 9.15 Å². The average Bonchev–Trinajstić information content (AvgIpc) is 3.11. The third-order valence-electron chi connectivity index (χ3n) is 3.80. The zero-order valence-electron chi connectivity index (χ0n) is 12.0. The van der Waals surface area contributed by atoms with Crippen molar-refractivity contribution in [2.45, 2.75) is 44.8 Å². The van der Waals surface area contributed by atoms with Gasteiger partial charge in [0, 0.05) is 19.1 Å². The van der Waals surface area contributed by atoms with E-state index >= 15 is 0 Å². The molecule has 4 nitrogen and oxygen atoms in total. The second-order valence-electron chi connectivity index (χ2n) is 5.39. The molecular formula is C16H22N2O2. The Morgan fingerprint density at radius 2 is 2.30 bits per heavy atom. The van der Waals surface area contributed by atoms with Crippen LogP contribution in [0.5, 0.6) is 0 Å². The van der Waals surface area contributed by atoms with Crippen molar-refractivity contribution in [2.75, 3.05) is 13.2 Å². The number of nitrogens with zero attached hydrogens (tertiary/aromatic N) is 1. The fourth-order valence-corrected chi connectivity index (χ4v) is 2.78. The molecule has 0 radical (unpaired) electrons. The average molecular weight is 274 g/mol. The molecule has 2 unspecified atom stereocenters. The second kappa shape index (κ2) is 6.37. The third kappa shape index (κ3) is 3.02. The molecule has 1 N–H and O–H groups in total. The van der Waals surface area contributed by atoms with Crippen LogP contribution in [0.15, 0.2) is 28.7 Å². The lowest BCUT2D eigenvalue weighted by Crippen LogP contribution is -2.41. The van der Waals surface area contributed by atoms with Crippen molar-refractivity contribution in [3.8, 4) is 0 Å². The first-order valence-electron chi connectivity index (χ1n) is 7.56. The fourth-order valence-electron chi connectivity index (χ4n) is 2.78. The molecule has 0 aliphatic carbocycles. The van der Waals surface area contributed by atoms with Crippen molar-refractivity contribution in [3.05, 3.63) is 30.2 Å². The van der Waals surface area contributed by atoms with Gasteiger partial charge in [-0.1, -0.05) is 19.1 Å². The Morgan fingerprint density at radius 3 is 3.05 bits per heavy atom. The van der Waals surface area contributed by atoms with E-state index in [9.17, 15) is 0 Å². The van der Waals surface area contributed by atoms with E-state index in [1.165, 1.54) is 0 Å². The lowest BCUT2D eigenvalue weighted by Gasteiger charge is -2.22. The number of benzene rings is 1. The van der Waals surface area contributed by atoms with Crippen molar-refractivity contribution in [1.29, 1.82) is 0 Å². The van der Waals surface area contributed by atoms with Crippen molar-refractivity contribution < 1.29 is 9.15 Å². The Hall–Kier alpha value is -1.39. The molecule has 1 aliphatic rings. The van der Waals surface area contributed by atoms with E-state index in [0.717, 1.165) is 55.8 Å². The van der Waals surface area contributed by atoms with Gasteiger partial charge in [0.1, 0.15) is 5.52 Å². The number of oxazole rings is 1. The predicted molar refractivity (Wildman–Crippen MR) is 78.8 cm³/mol. The van der Waals surface area contributed by atoms with Gasteiger partial charge in [-0.25, -0.2) is 4.98 Å². The number of nitrogens with one attached hydrogen (secondary N) is 1. The largest absolute Gasteiger partial charge is 0.441 e. The smallest absolute Gasteiger partial charge is 0.197 e. The van der Waals surface area contributed by atoms with Gasteiger partial charge in [-0.2, -0.15) is 0 Å². The summed E-state index contributed by atoms with van der Waals surface area (Å²) in [6.07, 6.45) is 4.48. The fraction of sp³-hybridized carbons (Fsp3) is 0.562. The van der Waals surface area contributed by atoms with Gasteiger partial charge in [0.15, 0.2) is 11.5 Å². The molecule has 2 atom stereocenters. The van der Waals surface area contributed by atoms with Crippen molar-refractivity contribution >= 4 is 11.1 Å². The maximum atomic E-state index is 5.83. The number of fused-ring (bicyclic) bond motifs is 1. The van der Waals surface area contributed by atoms with Gasteiger partial charge >= 0.3 is 0 Å². The zero-order valence-corrected chi connectivity index (χ0v) is 12.0. The van der Waals surface area contributed by atoms with Crippen LogP contribution in [0.4, 0.5) is 0 Å². The van der Waals surface area contributed by atoms with Crippen molar-refractivity contribution in [1.82, 2.24) is 10.3 Å². The normalized spacial score (nSPS) is 20.6. The van der Waals surface area contributed by atoms with E-state index < -0.39 is 0 Å². The lowest BCUT2D eigenvalue weighted by molar-refractivity contribution is 0.0764. The molecule has 3 rings (SSSR count). The van der Waals surface area contributed by atoms with Gasteiger partial charge in [-0.05, 0) is 37.9 Å². The molecule has 108 valence electrons. The molecule has 1 aliphatic heterocycles. The van der Waals surface area contributed by atoms with Crippen molar-refractivity contribution in [2.24, 2.45) is 0 Å².